The molecule has 3 N–H and O–H groups in total. The summed E-state index contributed by atoms with van der Waals surface area (Å²) in [6, 6.07) is 24.3. The van der Waals surface area contributed by atoms with Crippen LogP contribution in [0.5, 0.6) is 5.75 Å². The predicted octanol–water partition coefficient (Wildman–Crippen LogP) is 4.97. The maximum Gasteiger partial charge on any atom is 0.229 e. The molecule has 0 fully saturated rings. The number of nitrogens with one attached hydrogen (secondary N) is 3. The number of ketones is 1. The third-order valence-electron chi connectivity index (χ3n) is 5.83. The van der Waals surface area contributed by atoms with E-state index in [2.05, 4.69) is 20.3 Å². The van der Waals surface area contributed by atoms with Crippen LogP contribution in [0.2, 0.25) is 0 Å². The summed E-state index contributed by atoms with van der Waals surface area (Å²) in [5, 5.41) is 6.59. The highest BCUT2D eigenvalue weighted by atomic mass is 32.2. The van der Waals surface area contributed by atoms with Gasteiger partial charge in [0.2, 0.25) is 5.95 Å². The van der Waals surface area contributed by atoms with Crippen molar-refractivity contribution >= 4 is 34.2 Å². The fourth-order valence-corrected chi connectivity index (χ4v) is 4.84. The minimum atomic E-state index is -1.28. The van der Waals surface area contributed by atoms with Crippen LogP contribution in [0.25, 0.3) is 11.1 Å². The molecule has 0 spiro atoms. The molecular formula is C28H27N5O3S. The number of carbonyl (C=O) groups is 1. The minimum absolute atomic E-state index is 0.0577. The summed E-state index contributed by atoms with van der Waals surface area (Å²) in [6.07, 6.45) is 2.87. The summed E-state index contributed by atoms with van der Waals surface area (Å²) >= 11 is 0. The molecule has 3 aromatic carbocycles. The van der Waals surface area contributed by atoms with Gasteiger partial charge in [0.25, 0.3) is 0 Å². The molecule has 1 aliphatic heterocycles. The summed E-state index contributed by atoms with van der Waals surface area (Å²) in [4.78, 5) is 22.2. The van der Waals surface area contributed by atoms with Crippen molar-refractivity contribution in [1.29, 1.82) is 0 Å². The number of aromatic nitrogens is 2. The van der Waals surface area contributed by atoms with Gasteiger partial charge in [-0.25, -0.2) is 13.9 Å². The Bertz CT molecular complexity index is 1400. The van der Waals surface area contributed by atoms with Crippen LogP contribution in [-0.2, 0) is 11.0 Å². The highest BCUT2D eigenvalue weighted by Crippen LogP contribution is 2.29. The summed E-state index contributed by atoms with van der Waals surface area (Å²) < 4.78 is 21.3. The van der Waals surface area contributed by atoms with E-state index in [0.717, 1.165) is 23.2 Å². The second-order valence-electron chi connectivity index (χ2n) is 8.46. The first-order chi connectivity index (χ1) is 18.2. The number of hydrogen-bond acceptors (Lipinski definition) is 7. The molecule has 0 saturated heterocycles. The first-order valence-electron chi connectivity index (χ1n) is 12.1. The van der Waals surface area contributed by atoms with E-state index in [4.69, 9.17) is 9.72 Å². The van der Waals surface area contributed by atoms with Crippen LogP contribution in [-0.4, -0.2) is 39.7 Å². The maximum atomic E-state index is 12.5. The summed E-state index contributed by atoms with van der Waals surface area (Å²) in [5.74, 6) is 1.90. The van der Waals surface area contributed by atoms with Crippen molar-refractivity contribution in [1.82, 2.24) is 14.7 Å². The molecule has 1 aliphatic rings. The monoisotopic (exact) mass is 513 g/mol. The molecule has 9 heteroatoms. The third-order valence-corrected chi connectivity index (χ3v) is 6.98. The lowest BCUT2D eigenvalue weighted by atomic mass is 10.1. The van der Waals surface area contributed by atoms with E-state index in [0.29, 0.717) is 54.1 Å². The lowest BCUT2D eigenvalue weighted by Crippen LogP contribution is -2.20. The van der Waals surface area contributed by atoms with Crippen molar-refractivity contribution in [3.05, 3.63) is 90.6 Å². The Kier molecular flexibility index (Phi) is 7.83. The van der Waals surface area contributed by atoms with E-state index in [9.17, 15) is 9.00 Å². The molecule has 1 atom stereocenters. The topological polar surface area (TPSA) is 105 Å². The van der Waals surface area contributed by atoms with Gasteiger partial charge < -0.3 is 15.4 Å². The van der Waals surface area contributed by atoms with Gasteiger partial charge in [0.1, 0.15) is 22.6 Å². The molecule has 37 heavy (non-hydrogen) atoms. The quantitative estimate of drug-likeness (QED) is 0.313. The smallest absolute Gasteiger partial charge is 0.229 e. The maximum absolute atomic E-state index is 12.5. The zero-order chi connectivity index (χ0) is 25.5. The Hall–Kier alpha value is -4.08. The molecule has 0 aliphatic carbocycles. The third kappa shape index (κ3) is 6.38. The van der Waals surface area contributed by atoms with Crippen molar-refractivity contribution < 1.29 is 13.7 Å². The summed E-state index contributed by atoms with van der Waals surface area (Å²) in [6.45, 7) is 1.56. The molecule has 4 bridgehead atoms. The van der Waals surface area contributed by atoms with Gasteiger partial charge in [-0.05, 0) is 42.3 Å². The van der Waals surface area contributed by atoms with Gasteiger partial charge in [-0.15, -0.1) is 0 Å². The fraction of sp³-hybridized carbons (Fsp3) is 0.179. The number of Topliss-reactive ketones (excluding diaryl/α,β-unsaturated/α-hetero) is 1. The lowest BCUT2D eigenvalue weighted by Gasteiger charge is -2.13. The fourth-order valence-electron chi connectivity index (χ4n) is 3.91. The van der Waals surface area contributed by atoms with Gasteiger partial charge >= 0.3 is 0 Å². The predicted molar refractivity (Wildman–Crippen MR) is 146 cm³/mol. The molecule has 0 radical (unpaired) electrons. The molecule has 5 rings (SSSR count). The van der Waals surface area contributed by atoms with Crippen LogP contribution in [0.3, 0.4) is 0 Å². The molecule has 0 amide bonds. The Labute approximate surface area is 218 Å². The van der Waals surface area contributed by atoms with Gasteiger partial charge in [-0.2, -0.15) is 4.98 Å². The molecule has 0 saturated carbocycles. The van der Waals surface area contributed by atoms with Crippen molar-refractivity contribution in [3.63, 3.8) is 0 Å². The SMILES string of the molecule is O=C(CCOc1ccc(-c2cnc3nc2NCCCNS(=O)c2cccc(c2)N3)cc1)c1ccccc1. The zero-order valence-corrected chi connectivity index (χ0v) is 21.0. The summed E-state index contributed by atoms with van der Waals surface area (Å²) in [5.41, 5.74) is 3.25. The molecule has 8 nitrogen and oxygen atoms in total. The largest absolute Gasteiger partial charge is 0.493 e. The van der Waals surface area contributed by atoms with Gasteiger partial charge in [0.05, 0.1) is 11.5 Å². The van der Waals surface area contributed by atoms with Crippen molar-refractivity contribution in [2.24, 2.45) is 0 Å². The van der Waals surface area contributed by atoms with E-state index in [1.807, 2.05) is 78.9 Å². The molecular weight excluding hydrogens is 486 g/mol. The summed E-state index contributed by atoms with van der Waals surface area (Å²) in [7, 11) is -1.28. The number of anilines is 3. The van der Waals surface area contributed by atoms with Crippen molar-refractivity contribution in [3.8, 4) is 16.9 Å². The van der Waals surface area contributed by atoms with Crippen LogP contribution in [0.15, 0.2) is 90.0 Å². The van der Waals surface area contributed by atoms with E-state index >= 15 is 0 Å². The van der Waals surface area contributed by atoms with Crippen LogP contribution < -0.4 is 20.1 Å². The van der Waals surface area contributed by atoms with E-state index < -0.39 is 11.0 Å². The van der Waals surface area contributed by atoms with Gasteiger partial charge in [0.15, 0.2) is 5.78 Å². The number of rotatable bonds is 6. The normalized spacial score (nSPS) is 15.2. The number of nitrogens with zero attached hydrogens (tertiary/aromatic N) is 2. The molecule has 1 unspecified atom stereocenters. The lowest BCUT2D eigenvalue weighted by molar-refractivity contribution is 0.0962. The van der Waals surface area contributed by atoms with E-state index in [1.165, 1.54) is 0 Å². The van der Waals surface area contributed by atoms with Gasteiger partial charge in [-0.3, -0.25) is 4.79 Å². The van der Waals surface area contributed by atoms with Crippen molar-refractivity contribution in [2.75, 3.05) is 30.3 Å². The Morgan fingerprint density at radius 3 is 2.65 bits per heavy atom. The zero-order valence-electron chi connectivity index (χ0n) is 20.1. The van der Waals surface area contributed by atoms with Gasteiger partial charge in [0, 0.05) is 42.5 Å². The second kappa shape index (κ2) is 11.8. The van der Waals surface area contributed by atoms with E-state index in [1.54, 1.807) is 6.20 Å². The molecule has 4 aromatic rings. The average Bonchev–Trinajstić information content (AvgIpc) is 2.94. The minimum Gasteiger partial charge on any atom is -0.493 e. The second-order valence-corrected chi connectivity index (χ2v) is 9.76. The van der Waals surface area contributed by atoms with Crippen LogP contribution in [0.1, 0.15) is 23.2 Å². The first-order valence-corrected chi connectivity index (χ1v) is 13.3. The van der Waals surface area contributed by atoms with Crippen LogP contribution in [0, 0.1) is 0 Å². The highest BCUT2D eigenvalue weighted by molar-refractivity contribution is 7.83. The number of benzene rings is 3. The first kappa shape index (κ1) is 24.6. The Balaban J connectivity index is 1.29. The number of ether oxygens (including phenoxy) is 1. The van der Waals surface area contributed by atoms with E-state index in [-0.39, 0.29) is 5.78 Å². The Morgan fingerprint density at radius 1 is 0.973 bits per heavy atom. The van der Waals surface area contributed by atoms with Crippen LogP contribution >= 0.6 is 0 Å². The Morgan fingerprint density at radius 2 is 1.81 bits per heavy atom. The molecule has 188 valence electrons. The number of hydrogen-bond donors (Lipinski definition) is 3. The van der Waals surface area contributed by atoms with Gasteiger partial charge in [-0.1, -0.05) is 48.5 Å². The van der Waals surface area contributed by atoms with Crippen LogP contribution in [0.4, 0.5) is 17.5 Å². The molecule has 1 aromatic heterocycles. The standard InChI is InChI=1S/C28H27N5O3S/c34-26(21-6-2-1-3-7-21)14-17-36-23-12-10-20(11-13-23)25-19-30-28-32-22-8-4-9-24(18-22)37(35)31-16-5-15-29-27(25)33-28/h1-4,6-13,18-19,31H,5,14-17H2,(H2,29,30,32,33). The highest BCUT2D eigenvalue weighted by Gasteiger charge is 2.13. The average molecular weight is 514 g/mol. The number of carbonyl (C=O) groups excluding carboxylic acids is 1. The number of fused-ring (bicyclic) bond motifs is 4. The van der Waals surface area contributed by atoms with Crippen molar-refractivity contribution in [2.45, 2.75) is 17.7 Å². The molecule has 2 heterocycles.